The van der Waals surface area contributed by atoms with Crippen molar-refractivity contribution in [3.63, 3.8) is 0 Å². The monoisotopic (exact) mass is 288 g/mol. The number of piperidine rings is 1. The molecule has 4 aliphatic rings. The molecule has 2 heterocycles. The third-order valence-corrected chi connectivity index (χ3v) is 5.56. The first kappa shape index (κ1) is 13.0. The largest absolute Gasteiger partial charge is 0.341 e. The van der Waals surface area contributed by atoms with Gasteiger partial charge in [-0.2, -0.15) is 0 Å². The molecule has 112 valence electrons. The van der Waals surface area contributed by atoms with E-state index in [4.69, 9.17) is 0 Å². The Kier molecular flexibility index (Phi) is 2.91. The van der Waals surface area contributed by atoms with Gasteiger partial charge < -0.3 is 4.90 Å². The van der Waals surface area contributed by atoms with Crippen LogP contribution in [0.4, 0.5) is 0 Å². The van der Waals surface area contributed by atoms with Crippen LogP contribution in [0, 0.1) is 23.7 Å². The molecule has 5 heteroatoms. The first-order chi connectivity index (χ1) is 10.2. The number of carbonyl (C=O) groups is 3. The zero-order valence-electron chi connectivity index (χ0n) is 12.0. The second kappa shape index (κ2) is 4.68. The zero-order valence-corrected chi connectivity index (χ0v) is 12.0. The molecule has 5 nitrogen and oxygen atoms in total. The molecular formula is C16H20N2O3. The van der Waals surface area contributed by atoms with Crippen molar-refractivity contribution >= 4 is 17.7 Å². The van der Waals surface area contributed by atoms with Gasteiger partial charge in [-0.25, -0.2) is 0 Å². The van der Waals surface area contributed by atoms with E-state index in [-0.39, 0.29) is 47.9 Å². The molecule has 0 aromatic heterocycles. The molecule has 0 spiro atoms. The van der Waals surface area contributed by atoms with Gasteiger partial charge in [0.2, 0.25) is 17.7 Å². The van der Waals surface area contributed by atoms with Crippen LogP contribution in [0.1, 0.15) is 25.7 Å². The van der Waals surface area contributed by atoms with E-state index >= 15 is 0 Å². The second-order valence-electron chi connectivity index (χ2n) is 6.70. The Bertz CT molecular complexity index is 506. The number of hydrogen-bond acceptors (Lipinski definition) is 3. The standard InChI is InChI=1S/C16H20N2O3/c19-12(17-6-2-1-3-7-17)9-18-15(20)13-10-4-5-11(8-10)14(13)16(18)21/h4-5,10-11,13-14H,1-3,6-9H2/t10-,11-,13-,14+/m0/s1. The molecule has 0 N–H and O–H groups in total. The first-order valence-electron chi connectivity index (χ1n) is 7.98. The van der Waals surface area contributed by atoms with Crippen LogP contribution < -0.4 is 0 Å². The summed E-state index contributed by atoms with van der Waals surface area (Å²) in [6, 6.07) is 0. The van der Waals surface area contributed by atoms with Gasteiger partial charge in [0.05, 0.1) is 11.8 Å². The molecule has 4 atom stereocenters. The molecule has 4 rings (SSSR count). The number of nitrogens with zero attached hydrogens (tertiary/aromatic N) is 2. The molecule has 21 heavy (non-hydrogen) atoms. The maximum atomic E-state index is 12.5. The summed E-state index contributed by atoms with van der Waals surface area (Å²) in [6.07, 6.45) is 8.28. The Morgan fingerprint density at radius 2 is 1.57 bits per heavy atom. The molecular weight excluding hydrogens is 268 g/mol. The van der Waals surface area contributed by atoms with Crippen LogP contribution in [0.5, 0.6) is 0 Å². The van der Waals surface area contributed by atoms with E-state index in [0.717, 1.165) is 38.8 Å². The van der Waals surface area contributed by atoms with Gasteiger partial charge in [0.1, 0.15) is 6.54 Å². The fraction of sp³-hybridized carbons (Fsp3) is 0.688. The van der Waals surface area contributed by atoms with Crippen LogP contribution >= 0.6 is 0 Å². The average Bonchev–Trinajstić information content (AvgIpc) is 3.18. The van der Waals surface area contributed by atoms with Gasteiger partial charge in [-0.15, -0.1) is 0 Å². The van der Waals surface area contributed by atoms with E-state index in [1.165, 1.54) is 4.90 Å². The Hall–Kier alpha value is -1.65. The molecule has 2 bridgehead atoms. The lowest BCUT2D eigenvalue weighted by Crippen LogP contribution is -2.45. The smallest absolute Gasteiger partial charge is 0.242 e. The molecule has 0 radical (unpaired) electrons. The van der Waals surface area contributed by atoms with Crippen LogP contribution in [0.3, 0.4) is 0 Å². The van der Waals surface area contributed by atoms with E-state index < -0.39 is 0 Å². The predicted octanol–water partition coefficient (Wildman–Crippen LogP) is 0.806. The molecule has 0 unspecified atom stereocenters. The predicted molar refractivity (Wildman–Crippen MR) is 74.9 cm³/mol. The lowest BCUT2D eigenvalue weighted by molar-refractivity contribution is -0.147. The molecule has 0 aromatic carbocycles. The summed E-state index contributed by atoms with van der Waals surface area (Å²) < 4.78 is 0. The van der Waals surface area contributed by atoms with Crippen molar-refractivity contribution in [1.29, 1.82) is 0 Å². The number of likely N-dealkylation sites (tertiary alicyclic amines) is 2. The van der Waals surface area contributed by atoms with Crippen LogP contribution in [0.25, 0.3) is 0 Å². The summed E-state index contributed by atoms with van der Waals surface area (Å²) in [4.78, 5) is 40.4. The third-order valence-electron chi connectivity index (χ3n) is 5.56. The highest BCUT2D eigenvalue weighted by Gasteiger charge is 2.59. The molecule has 2 saturated heterocycles. The molecule has 2 aliphatic carbocycles. The van der Waals surface area contributed by atoms with Crippen molar-refractivity contribution in [3.05, 3.63) is 12.2 Å². The van der Waals surface area contributed by atoms with Gasteiger partial charge in [-0.3, -0.25) is 19.3 Å². The van der Waals surface area contributed by atoms with Gasteiger partial charge in [0.15, 0.2) is 0 Å². The number of fused-ring (bicyclic) bond motifs is 5. The van der Waals surface area contributed by atoms with E-state index in [1.807, 2.05) is 0 Å². The van der Waals surface area contributed by atoms with Crippen molar-refractivity contribution in [2.75, 3.05) is 19.6 Å². The van der Waals surface area contributed by atoms with E-state index in [2.05, 4.69) is 12.2 Å². The number of hydrogen-bond donors (Lipinski definition) is 0. The summed E-state index contributed by atoms with van der Waals surface area (Å²) >= 11 is 0. The van der Waals surface area contributed by atoms with Crippen molar-refractivity contribution in [2.45, 2.75) is 25.7 Å². The fourth-order valence-electron chi connectivity index (χ4n) is 4.50. The van der Waals surface area contributed by atoms with Crippen LogP contribution in [0.15, 0.2) is 12.2 Å². The number of carbonyl (C=O) groups excluding carboxylic acids is 3. The summed E-state index contributed by atoms with van der Waals surface area (Å²) in [7, 11) is 0. The van der Waals surface area contributed by atoms with Crippen molar-refractivity contribution < 1.29 is 14.4 Å². The minimum atomic E-state index is -0.193. The molecule has 0 aromatic rings. The molecule has 3 fully saturated rings. The van der Waals surface area contributed by atoms with E-state index in [0.29, 0.717) is 0 Å². The maximum Gasteiger partial charge on any atom is 0.242 e. The quantitative estimate of drug-likeness (QED) is 0.558. The first-order valence-corrected chi connectivity index (χ1v) is 7.98. The number of rotatable bonds is 2. The Morgan fingerprint density at radius 3 is 2.14 bits per heavy atom. The zero-order chi connectivity index (χ0) is 14.6. The SMILES string of the molecule is O=C(CN1C(=O)[C@@H]2[C@H](C1=O)[C@H]1C=C[C@H]2C1)N1CCCCC1. The normalized spacial score (nSPS) is 37.5. The van der Waals surface area contributed by atoms with Crippen LogP contribution in [-0.2, 0) is 14.4 Å². The van der Waals surface area contributed by atoms with Gasteiger partial charge in [0.25, 0.3) is 0 Å². The number of amides is 3. The average molecular weight is 288 g/mol. The highest BCUT2D eigenvalue weighted by Crippen LogP contribution is 2.52. The lowest BCUT2D eigenvalue weighted by atomic mass is 9.85. The highest BCUT2D eigenvalue weighted by molar-refractivity contribution is 6.08. The van der Waals surface area contributed by atoms with Crippen LogP contribution in [0.2, 0.25) is 0 Å². The summed E-state index contributed by atoms with van der Waals surface area (Å²) in [6.45, 7) is 1.47. The number of allylic oxidation sites excluding steroid dienone is 2. The number of imide groups is 1. The third kappa shape index (κ3) is 1.86. The Balaban J connectivity index is 1.48. The Labute approximate surface area is 124 Å². The molecule has 2 aliphatic heterocycles. The molecule has 3 amide bonds. The van der Waals surface area contributed by atoms with Gasteiger partial charge in [-0.1, -0.05) is 12.2 Å². The lowest BCUT2D eigenvalue weighted by Gasteiger charge is -2.28. The van der Waals surface area contributed by atoms with E-state index in [1.54, 1.807) is 4.90 Å². The second-order valence-corrected chi connectivity index (χ2v) is 6.70. The summed E-state index contributed by atoms with van der Waals surface area (Å²) in [5.74, 6) is -0.266. The minimum Gasteiger partial charge on any atom is -0.341 e. The van der Waals surface area contributed by atoms with Crippen molar-refractivity contribution in [2.24, 2.45) is 23.7 Å². The highest BCUT2D eigenvalue weighted by atomic mass is 16.2. The van der Waals surface area contributed by atoms with Gasteiger partial charge in [0, 0.05) is 13.1 Å². The minimum absolute atomic E-state index is 0.0515. The van der Waals surface area contributed by atoms with E-state index in [9.17, 15) is 14.4 Å². The fourth-order valence-corrected chi connectivity index (χ4v) is 4.50. The molecule has 1 saturated carbocycles. The van der Waals surface area contributed by atoms with Gasteiger partial charge >= 0.3 is 0 Å². The van der Waals surface area contributed by atoms with Crippen molar-refractivity contribution in [1.82, 2.24) is 9.80 Å². The Morgan fingerprint density at radius 1 is 1.00 bits per heavy atom. The topological polar surface area (TPSA) is 57.7 Å². The summed E-state index contributed by atoms with van der Waals surface area (Å²) in [5.41, 5.74) is 0. The van der Waals surface area contributed by atoms with Crippen molar-refractivity contribution in [3.8, 4) is 0 Å². The maximum absolute atomic E-state index is 12.5. The van der Waals surface area contributed by atoms with Crippen LogP contribution in [-0.4, -0.2) is 47.2 Å². The van der Waals surface area contributed by atoms with Gasteiger partial charge in [-0.05, 0) is 37.5 Å². The summed E-state index contributed by atoms with van der Waals surface area (Å²) in [5, 5.41) is 0.